The molecule has 2 fully saturated rings. The van der Waals surface area contributed by atoms with Crippen molar-refractivity contribution in [2.24, 2.45) is 0 Å². The number of hydrogen-bond donors (Lipinski definition) is 1. The Labute approximate surface area is 90.2 Å². The van der Waals surface area contributed by atoms with Crippen LogP contribution in [0.1, 0.15) is 44.9 Å². The molecule has 0 unspecified atom stereocenters. The smallest absolute Gasteiger partial charge is 0.412 e. The van der Waals surface area contributed by atoms with Crippen LogP contribution in [0, 0.1) is 0 Å². The molecule has 4 nitrogen and oxygen atoms in total. The summed E-state index contributed by atoms with van der Waals surface area (Å²) in [6, 6.07) is 0. The molecule has 0 spiro atoms. The molecule has 0 aromatic carbocycles. The van der Waals surface area contributed by atoms with E-state index in [9.17, 15) is 9.90 Å². The lowest BCUT2D eigenvalue weighted by atomic mass is 9.94. The van der Waals surface area contributed by atoms with Gasteiger partial charge in [0.05, 0.1) is 0 Å². The summed E-state index contributed by atoms with van der Waals surface area (Å²) in [5, 5.41) is 10.0. The van der Waals surface area contributed by atoms with Crippen LogP contribution in [-0.2, 0) is 4.74 Å². The van der Waals surface area contributed by atoms with E-state index < -0.39 is 5.79 Å². The van der Waals surface area contributed by atoms with Gasteiger partial charge in [0.25, 0.3) is 0 Å². The fraction of sp³-hybridized carbons (Fsp3) is 0.909. The summed E-state index contributed by atoms with van der Waals surface area (Å²) in [6.45, 7) is 1.55. The fourth-order valence-corrected chi connectivity index (χ4v) is 2.33. The molecule has 1 saturated heterocycles. The molecule has 2 rings (SSSR count). The Hall–Kier alpha value is -0.770. The van der Waals surface area contributed by atoms with Crippen molar-refractivity contribution in [2.45, 2.75) is 50.7 Å². The molecule has 86 valence electrons. The number of amides is 1. The van der Waals surface area contributed by atoms with E-state index in [-0.39, 0.29) is 6.09 Å². The summed E-state index contributed by atoms with van der Waals surface area (Å²) < 4.78 is 5.21. The number of nitrogens with zero attached hydrogens (tertiary/aromatic N) is 1. The van der Waals surface area contributed by atoms with Crippen LogP contribution in [0.2, 0.25) is 0 Å². The Morgan fingerprint density at radius 3 is 2.27 bits per heavy atom. The van der Waals surface area contributed by atoms with Gasteiger partial charge in [-0.15, -0.1) is 0 Å². The first kappa shape index (κ1) is 10.7. The molecule has 2 aliphatic rings. The van der Waals surface area contributed by atoms with Crippen LogP contribution in [-0.4, -0.2) is 35.0 Å². The van der Waals surface area contributed by atoms with E-state index in [0.29, 0.717) is 12.8 Å². The van der Waals surface area contributed by atoms with E-state index in [1.165, 1.54) is 0 Å². The monoisotopic (exact) mass is 213 g/mol. The number of carbonyl (C=O) groups is 1. The van der Waals surface area contributed by atoms with Gasteiger partial charge in [0.2, 0.25) is 5.79 Å². The summed E-state index contributed by atoms with van der Waals surface area (Å²) in [7, 11) is 0. The molecule has 0 radical (unpaired) electrons. The molecule has 1 aliphatic heterocycles. The Bertz CT molecular complexity index is 230. The highest BCUT2D eigenvalue weighted by Gasteiger charge is 2.35. The molecule has 0 bridgehead atoms. The molecule has 0 atom stereocenters. The van der Waals surface area contributed by atoms with Gasteiger partial charge in [-0.1, -0.05) is 6.42 Å². The van der Waals surface area contributed by atoms with Crippen molar-refractivity contribution in [3.05, 3.63) is 0 Å². The predicted molar refractivity (Wildman–Crippen MR) is 55.3 cm³/mol. The largest absolute Gasteiger partial charge is 0.417 e. The minimum absolute atomic E-state index is 0.336. The molecule has 15 heavy (non-hydrogen) atoms. The van der Waals surface area contributed by atoms with Crippen molar-refractivity contribution >= 4 is 6.09 Å². The van der Waals surface area contributed by atoms with Gasteiger partial charge in [0.1, 0.15) is 0 Å². The second-order valence-corrected chi connectivity index (χ2v) is 4.57. The molecule has 0 aromatic rings. The van der Waals surface area contributed by atoms with Gasteiger partial charge in [-0.3, -0.25) is 0 Å². The standard InChI is InChI=1S/C11H19NO3/c13-10(12-8-4-5-9-12)15-11(14)6-2-1-3-7-11/h14H,1-9H2. The quantitative estimate of drug-likeness (QED) is 0.676. The lowest BCUT2D eigenvalue weighted by Gasteiger charge is -2.32. The third-order valence-electron chi connectivity index (χ3n) is 3.28. The molecular formula is C11H19NO3. The van der Waals surface area contributed by atoms with Gasteiger partial charge >= 0.3 is 6.09 Å². The topological polar surface area (TPSA) is 49.8 Å². The number of likely N-dealkylation sites (tertiary alicyclic amines) is 1. The summed E-state index contributed by atoms with van der Waals surface area (Å²) in [5.41, 5.74) is 0. The average molecular weight is 213 g/mol. The highest BCUT2D eigenvalue weighted by Crippen LogP contribution is 2.29. The normalized spacial score (nSPS) is 25.3. The fourth-order valence-electron chi connectivity index (χ4n) is 2.33. The second kappa shape index (κ2) is 4.39. The molecular weight excluding hydrogens is 194 g/mol. The van der Waals surface area contributed by atoms with E-state index in [4.69, 9.17) is 4.74 Å². The van der Waals surface area contributed by atoms with Crippen LogP contribution >= 0.6 is 0 Å². The maximum absolute atomic E-state index is 11.7. The zero-order valence-electron chi connectivity index (χ0n) is 9.07. The SMILES string of the molecule is O=C(OC1(O)CCCCC1)N1CCCC1. The van der Waals surface area contributed by atoms with Gasteiger partial charge in [-0.25, -0.2) is 4.79 Å². The van der Waals surface area contributed by atoms with Crippen molar-refractivity contribution in [2.75, 3.05) is 13.1 Å². The zero-order valence-corrected chi connectivity index (χ0v) is 9.07. The highest BCUT2D eigenvalue weighted by molar-refractivity contribution is 5.68. The van der Waals surface area contributed by atoms with Gasteiger partial charge in [-0.05, 0) is 25.7 Å². The van der Waals surface area contributed by atoms with Crippen molar-refractivity contribution in [3.8, 4) is 0 Å². The Morgan fingerprint density at radius 2 is 1.67 bits per heavy atom. The summed E-state index contributed by atoms with van der Waals surface area (Å²) in [4.78, 5) is 13.3. The van der Waals surface area contributed by atoms with Crippen LogP contribution in [0.4, 0.5) is 4.79 Å². The van der Waals surface area contributed by atoms with E-state index >= 15 is 0 Å². The first-order chi connectivity index (χ1) is 7.20. The van der Waals surface area contributed by atoms with Crippen LogP contribution in [0.3, 0.4) is 0 Å². The molecule has 1 N–H and O–H groups in total. The molecule has 1 aliphatic carbocycles. The molecule has 1 saturated carbocycles. The number of hydrogen-bond acceptors (Lipinski definition) is 3. The molecule has 4 heteroatoms. The van der Waals surface area contributed by atoms with Crippen molar-refractivity contribution < 1.29 is 14.6 Å². The zero-order chi connectivity index (χ0) is 10.7. The highest BCUT2D eigenvalue weighted by atomic mass is 16.7. The van der Waals surface area contributed by atoms with Gasteiger partial charge in [0, 0.05) is 25.9 Å². The number of carbonyl (C=O) groups excluding carboxylic acids is 1. The van der Waals surface area contributed by atoms with E-state index in [1.54, 1.807) is 4.90 Å². The number of ether oxygens (including phenoxy) is 1. The maximum atomic E-state index is 11.7. The average Bonchev–Trinajstić information content (AvgIpc) is 2.70. The first-order valence-electron chi connectivity index (χ1n) is 5.90. The Balaban J connectivity index is 1.86. The number of aliphatic hydroxyl groups is 1. The van der Waals surface area contributed by atoms with Crippen LogP contribution in [0.25, 0.3) is 0 Å². The predicted octanol–water partition coefficient (Wildman–Crippen LogP) is 1.87. The van der Waals surface area contributed by atoms with E-state index in [2.05, 4.69) is 0 Å². The van der Waals surface area contributed by atoms with Gasteiger partial charge < -0.3 is 14.7 Å². The second-order valence-electron chi connectivity index (χ2n) is 4.57. The minimum Gasteiger partial charge on any atom is -0.417 e. The third-order valence-corrected chi connectivity index (χ3v) is 3.28. The van der Waals surface area contributed by atoms with Crippen molar-refractivity contribution in [1.82, 2.24) is 4.90 Å². The van der Waals surface area contributed by atoms with Crippen LogP contribution in [0.5, 0.6) is 0 Å². The minimum atomic E-state index is -1.18. The number of rotatable bonds is 1. The van der Waals surface area contributed by atoms with Gasteiger partial charge in [-0.2, -0.15) is 0 Å². The molecule has 1 amide bonds. The summed E-state index contributed by atoms with van der Waals surface area (Å²) >= 11 is 0. The lowest BCUT2D eigenvalue weighted by Crippen LogP contribution is -2.41. The Morgan fingerprint density at radius 1 is 1.07 bits per heavy atom. The van der Waals surface area contributed by atoms with Crippen molar-refractivity contribution in [1.29, 1.82) is 0 Å². The summed E-state index contributed by atoms with van der Waals surface area (Å²) in [6.07, 6.45) is 5.97. The molecule has 0 aromatic heterocycles. The van der Waals surface area contributed by atoms with Crippen LogP contribution in [0.15, 0.2) is 0 Å². The van der Waals surface area contributed by atoms with Crippen molar-refractivity contribution in [3.63, 3.8) is 0 Å². The van der Waals surface area contributed by atoms with Gasteiger partial charge in [0.15, 0.2) is 0 Å². The van der Waals surface area contributed by atoms with E-state index in [0.717, 1.165) is 45.2 Å². The Kier molecular flexibility index (Phi) is 3.14. The van der Waals surface area contributed by atoms with Crippen LogP contribution < -0.4 is 0 Å². The first-order valence-corrected chi connectivity index (χ1v) is 5.90. The maximum Gasteiger partial charge on any atom is 0.412 e. The summed E-state index contributed by atoms with van der Waals surface area (Å²) in [5.74, 6) is -1.18. The van der Waals surface area contributed by atoms with E-state index in [1.807, 2.05) is 0 Å². The molecule has 1 heterocycles. The lowest BCUT2D eigenvalue weighted by molar-refractivity contribution is -0.185. The third kappa shape index (κ3) is 2.62.